The summed E-state index contributed by atoms with van der Waals surface area (Å²) in [5.41, 5.74) is 3.11. The number of hydrogen-bond donors (Lipinski definition) is 1. The number of rotatable bonds is 4. The van der Waals surface area contributed by atoms with Gasteiger partial charge in [-0.2, -0.15) is 18.3 Å². The van der Waals surface area contributed by atoms with E-state index >= 15 is 0 Å². The van der Waals surface area contributed by atoms with E-state index in [0.717, 1.165) is 39.7 Å². The van der Waals surface area contributed by atoms with Crippen molar-refractivity contribution in [1.82, 2.24) is 19.8 Å². The van der Waals surface area contributed by atoms with Crippen molar-refractivity contribution in [2.24, 2.45) is 0 Å². The topological polar surface area (TPSA) is 72.2 Å². The Morgan fingerprint density at radius 1 is 0.971 bits per heavy atom. The molecule has 0 bridgehead atoms. The Bertz CT molecular complexity index is 1570. The normalized spacial score (nSPS) is 11.8. The molecule has 0 radical (unpaired) electrons. The van der Waals surface area contributed by atoms with Gasteiger partial charge in [-0.3, -0.25) is 4.79 Å². The van der Waals surface area contributed by atoms with Crippen LogP contribution in [0.4, 0.5) is 18.9 Å². The fourth-order valence-electron chi connectivity index (χ4n) is 4.16. The van der Waals surface area contributed by atoms with Crippen LogP contribution in [0, 0.1) is 6.92 Å². The highest BCUT2D eigenvalue weighted by molar-refractivity contribution is 6.04. The summed E-state index contributed by atoms with van der Waals surface area (Å²) in [5.74, 6) is -0.586. The number of aromatic nitrogens is 4. The van der Waals surface area contributed by atoms with Gasteiger partial charge in [0.1, 0.15) is 0 Å². The van der Waals surface area contributed by atoms with Gasteiger partial charge < -0.3 is 5.32 Å². The molecule has 1 N–H and O–H groups in total. The molecular weight excluding hydrogens is 455 g/mol. The van der Waals surface area contributed by atoms with E-state index in [1.165, 1.54) is 12.1 Å². The first-order valence-corrected chi connectivity index (χ1v) is 11.0. The average molecular weight is 475 g/mol. The zero-order valence-corrected chi connectivity index (χ0v) is 18.9. The summed E-state index contributed by atoms with van der Waals surface area (Å²) in [5, 5.41) is 18.0. The van der Waals surface area contributed by atoms with Crippen molar-refractivity contribution < 1.29 is 18.0 Å². The third kappa shape index (κ3) is 3.99. The van der Waals surface area contributed by atoms with Gasteiger partial charge in [-0.25, -0.2) is 4.52 Å². The van der Waals surface area contributed by atoms with E-state index < -0.39 is 17.6 Å². The molecule has 5 aromatic rings. The summed E-state index contributed by atoms with van der Waals surface area (Å²) in [7, 11) is 0. The number of alkyl halides is 3. The van der Waals surface area contributed by atoms with Crippen LogP contribution in [0.15, 0.2) is 66.7 Å². The maximum atomic E-state index is 12.9. The minimum Gasteiger partial charge on any atom is -0.321 e. The van der Waals surface area contributed by atoms with E-state index in [1.807, 2.05) is 49.4 Å². The van der Waals surface area contributed by atoms with Crippen LogP contribution < -0.4 is 5.32 Å². The number of halogens is 3. The molecule has 2 aromatic heterocycles. The molecule has 0 aliphatic rings. The van der Waals surface area contributed by atoms with Crippen LogP contribution in [0.5, 0.6) is 0 Å². The number of hydrogen-bond acceptors (Lipinski definition) is 4. The van der Waals surface area contributed by atoms with E-state index in [1.54, 1.807) is 11.4 Å². The first-order chi connectivity index (χ1) is 16.8. The smallest absolute Gasteiger partial charge is 0.321 e. The second kappa shape index (κ2) is 8.50. The number of aryl methyl sites for hydroxylation is 2. The Hall–Kier alpha value is -4.27. The van der Waals surface area contributed by atoms with Crippen LogP contribution in [-0.2, 0) is 12.6 Å². The van der Waals surface area contributed by atoms with Gasteiger partial charge in [0.25, 0.3) is 5.91 Å². The SMILES string of the molecule is CCc1nn2c(C)c(C(=O)Nc3ccc(C(F)(F)F)cc3)nnc2c1-c1cccc2ccccc12. The second-order valence-corrected chi connectivity index (χ2v) is 8.10. The predicted molar refractivity (Wildman–Crippen MR) is 127 cm³/mol. The molecule has 35 heavy (non-hydrogen) atoms. The molecule has 5 rings (SSSR count). The third-order valence-corrected chi connectivity index (χ3v) is 5.92. The Labute approximate surface area is 198 Å². The van der Waals surface area contributed by atoms with Crippen LogP contribution in [0.25, 0.3) is 27.5 Å². The minimum atomic E-state index is -4.45. The Kier molecular flexibility index (Phi) is 5.47. The summed E-state index contributed by atoms with van der Waals surface area (Å²) in [6.45, 7) is 3.71. The molecule has 3 aromatic carbocycles. The molecule has 0 saturated heterocycles. The van der Waals surface area contributed by atoms with Crippen molar-refractivity contribution in [1.29, 1.82) is 0 Å². The van der Waals surface area contributed by atoms with Crippen LogP contribution in [-0.4, -0.2) is 25.7 Å². The largest absolute Gasteiger partial charge is 0.416 e. The molecule has 0 atom stereocenters. The number of fused-ring (bicyclic) bond motifs is 2. The molecule has 176 valence electrons. The van der Waals surface area contributed by atoms with Gasteiger partial charge in [0, 0.05) is 5.69 Å². The quantitative estimate of drug-likeness (QED) is 0.342. The lowest BCUT2D eigenvalue weighted by atomic mass is 9.97. The van der Waals surface area contributed by atoms with Crippen molar-refractivity contribution in [3.63, 3.8) is 0 Å². The molecular formula is C26H20F3N5O. The van der Waals surface area contributed by atoms with Gasteiger partial charge in [-0.05, 0) is 53.9 Å². The molecule has 1 amide bonds. The van der Waals surface area contributed by atoms with Gasteiger partial charge in [0.2, 0.25) is 0 Å². The second-order valence-electron chi connectivity index (χ2n) is 8.10. The van der Waals surface area contributed by atoms with Crippen molar-refractivity contribution in [2.75, 3.05) is 5.32 Å². The summed E-state index contributed by atoms with van der Waals surface area (Å²) in [6, 6.07) is 18.3. The monoisotopic (exact) mass is 475 g/mol. The van der Waals surface area contributed by atoms with E-state index in [9.17, 15) is 18.0 Å². The van der Waals surface area contributed by atoms with Crippen LogP contribution in [0.3, 0.4) is 0 Å². The predicted octanol–water partition coefficient (Wildman–Crippen LogP) is 6.09. The van der Waals surface area contributed by atoms with E-state index in [2.05, 4.69) is 15.5 Å². The van der Waals surface area contributed by atoms with Gasteiger partial charge in [0.05, 0.1) is 22.5 Å². The van der Waals surface area contributed by atoms with Crippen molar-refractivity contribution in [3.05, 3.63) is 89.4 Å². The number of nitrogens with one attached hydrogen (secondary N) is 1. The van der Waals surface area contributed by atoms with E-state index in [0.29, 0.717) is 17.8 Å². The highest BCUT2D eigenvalue weighted by Gasteiger charge is 2.30. The fraction of sp³-hybridized carbons (Fsp3) is 0.154. The number of anilines is 1. The van der Waals surface area contributed by atoms with E-state index in [4.69, 9.17) is 5.10 Å². The molecule has 0 unspecified atom stereocenters. The zero-order valence-electron chi connectivity index (χ0n) is 18.9. The van der Waals surface area contributed by atoms with Crippen molar-refractivity contribution in [2.45, 2.75) is 26.4 Å². The lowest BCUT2D eigenvalue weighted by Crippen LogP contribution is -2.18. The molecule has 6 nitrogen and oxygen atoms in total. The number of nitrogens with zero attached hydrogens (tertiary/aromatic N) is 4. The average Bonchev–Trinajstić information content (AvgIpc) is 3.23. The Morgan fingerprint density at radius 2 is 1.69 bits per heavy atom. The first kappa shape index (κ1) is 22.5. The fourth-order valence-corrected chi connectivity index (χ4v) is 4.16. The standard InChI is InChI=1S/C26H20F3N5O/c1-3-21-22(20-10-6-8-16-7-4-5-9-19(16)20)24-32-31-23(15(2)34(24)33-21)25(35)30-18-13-11-17(12-14-18)26(27,28)29/h4-14H,3H2,1-2H3,(H,30,35). The maximum Gasteiger partial charge on any atom is 0.416 e. The molecule has 0 fully saturated rings. The molecule has 0 spiro atoms. The van der Waals surface area contributed by atoms with Crippen molar-refractivity contribution >= 4 is 28.0 Å². The molecule has 0 aliphatic heterocycles. The third-order valence-electron chi connectivity index (χ3n) is 5.92. The highest BCUT2D eigenvalue weighted by Crippen LogP contribution is 2.34. The first-order valence-electron chi connectivity index (χ1n) is 11.0. The van der Waals surface area contributed by atoms with Gasteiger partial charge in [-0.1, -0.05) is 49.4 Å². The van der Waals surface area contributed by atoms with Crippen LogP contribution in [0.2, 0.25) is 0 Å². The lowest BCUT2D eigenvalue weighted by Gasteiger charge is -2.10. The zero-order chi connectivity index (χ0) is 24.7. The number of carbonyl (C=O) groups excluding carboxylic acids is 1. The van der Waals surface area contributed by atoms with Gasteiger partial charge in [-0.15, -0.1) is 10.2 Å². The van der Waals surface area contributed by atoms with Gasteiger partial charge in [0.15, 0.2) is 11.3 Å². The summed E-state index contributed by atoms with van der Waals surface area (Å²) < 4.78 is 40.0. The van der Waals surface area contributed by atoms with Gasteiger partial charge >= 0.3 is 6.18 Å². The molecule has 0 saturated carbocycles. The number of benzene rings is 3. The summed E-state index contributed by atoms with van der Waals surface area (Å²) >= 11 is 0. The highest BCUT2D eigenvalue weighted by atomic mass is 19.4. The number of carbonyl (C=O) groups is 1. The molecule has 2 heterocycles. The number of amides is 1. The van der Waals surface area contributed by atoms with E-state index in [-0.39, 0.29) is 11.4 Å². The lowest BCUT2D eigenvalue weighted by molar-refractivity contribution is -0.137. The summed E-state index contributed by atoms with van der Waals surface area (Å²) in [4.78, 5) is 12.9. The maximum absolute atomic E-state index is 12.9. The van der Waals surface area contributed by atoms with Crippen molar-refractivity contribution in [3.8, 4) is 11.1 Å². The molecule has 9 heteroatoms. The minimum absolute atomic E-state index is 0.0343. The van der Waals surface area contributed by atoms with Crippen LogP contribution >= 0.6 is 0 Å². The Morgan fingerprint density at radius 3 is 2.40 bits per heavy atom. The van der Waals surface area contributed by atoms with Crippen LogP contribution in [0.1, 0.15) is 34.4 Å². The summed E-state index contributed by atoms with van der Waals surface area (Å²) in [6.07, 6.45) is -3.80. The molecule has 0 aliphatic carbocycles. The Balaban J connectivity index is 1.55.